The summed E-state index contributed by atoms with van der Waals surface area (Å²) in [6.45, 7) is 1.89. The summed E-state index contributed by atoms with van der Waals surface area (Å²) in [7, 11) is 0. The molecular weight excluding hydrogens is 413 g/mol. The molecule has 1 spiro atoms. The molecule has 4 rings (SSSR count). The Balaban J connectivity index is 1.29. The summed E-state index contributed by atoms with van der Waals surface area (Å²) in [5, 5.41) is 2.77. The molecule has 31 heavy (non-hydrogen) atoms. The molecule has 3 fully saturated rings. The van der Waals surface area contributed by atoms with Crippen LogP contribution in [0.1, 0.15) is 36.8 Å². The number of benzene rings is 1. The van der Waals surface area contributed by atoms with Crippen LogP contribution in [-0.2, 0) is 22.3 Å². The van der Waals surface area contributed by atoms with Gasteiger partial charge >= 0.3 is 12.2 Å². The van der Waals surface area contributed by atoms with Crippen molar-refractivity contribution in [3.05, 3.63) is 35.4 Å². The predicted octanol–water partition coefficient (Wildman–Crippen LogP) is 2.21. The molecule has 4 amide bonds. The normalized spacial score (nSPS) is 21.8. The van der Waals surface area contributed by atoms with Crippen molar-refractivity contribution in [3.63, 3.8) is 0 Å². The van der Waals surface area contributed by atoms with Crippen molar-refractivity contribution in [1.82, 2.24) is 20.0 Å². The second kappa shape index (κ2) is 8.14. The van der Waals surface area contributed by atoms with Gasteiger partial charge in [0.15, 0.2) is 0 Å². The van der Waals surface area contributed by atoms with E-state index in [4.69, 9.17) is 0 Å². The third kappa shape index (κ3) is 4.39. The number of hydrogen-bond donors (Lipinski definition) is 1. The Morgan fingerprint density at radius 3 is 2.39 bits per heavy atom. The van der Waals surface area contributed by atoms with Crippen LogP contribution in [0.15, 0.2) is 24.3 Å². The van der Waals surface area contributed by atoms with Gasteiger partial charge in [-0.25, -0.2) is 4.79 Å². The van der Waals surface area contributed by atoms with Crippen LogP contribution in [0, 0.1) is 0 Å². The summed E-state index contributed by atoms with van der Waals surface area (Å²) >= 11 is 0. The fraction of sp³-hybridized carbons (Fsp3) is 0.571. The second-order valence-corrected chi connectivity index (χ2v) is 8.47. The summed E-state index contributed by atoms with van der Waals surface area (Å²) in [5.41, 5.74) is -0.940. The number of nitrogens with zero attached hydrogens (tertiary/aromatic N) is 3. The number of carbonyl (C=O) groups excluding carboxylic acids is 3. The zero-order valence-corrected chi connectivity index (χ0v) is 17.1. The molecule has 0 atom stereocenters. The van der Waals surface area contributed by atoms with Crippen molar-refractivity contribution in [2.75, 3.05) is 32.7 Å². The van der Waals surface area contributed by atoms with E-state index in [1.807, 2.05) is 4.90 Å². The van der Waals surface area contributed by atoms with Crippen LogP contribution in [0.2, 0.25) is 0 Å². The minimum absolute atomic E-state index is 0.278. The molecule has 0 bridgehead atoms. The minimum Gasteiger partial charge on any atom is -0.339 e. The Morgan fingerprint density at radius 2 is 1.74 bits per heavy atom. The number of alkyl halides is 3. The number of imide groups is 1. The maximum Gasteiger partial charge on any atom is 0.416 e. The molecule has 2 saturated heterocycles. The summed E-state index contributed by atoms with van der Waals surface area (Å²) < 4.78 is 38.7. The fourth-order valence-corrected chi connectivity index (χ4v) is 4.63. The maximum absolute atomic E-state index is 12.9. The number of amides is 4. The topological polar surface area (TPSA) is 73.0 Å². The lowest BCUT2D eigenvalue weighted by atomic mass is 9.98. The summed E-state index contributed by atoms with van der Waals surface area (Å²) in [4.78, 5) is 42.2. The number of nitrogens with one attached hydrogen (secondary N) is 1. The van der Waals surface area contributed by atoms with Gasteiger partial charge in [-0.1, -0.05) is 31.0 Å². The van der Waals surface area contributed by atoms with E-state index in [2.05, 4.69) is 5.32 Å². The monoisotopic (exact) mass is 438 g/mol. The first-order valence-corrected chi connectivity index (χ1v) is 10.5. The van der Waals surface area contributed by atoms with Gasteiger partial charge in [-0.2, -0.15) is 13.2 Å². The van der Waals surface area contributed by atoms with E-state index in [1.54, 1.807) is 11.0 Å². The molecule has 10 heteroatoms. The largest absolute Gasteiger partial charge is 0.416 e. The average molecular weight is 438 g/mol. The van der Waals surface area contributed by atoms with E-state index in [1.165, 1.54) is 6.07 Å². The molecule has 0 unspecified atom stereocenters. The van der Waals surface area contributed by atoms with Gasteiger partial charge in [-0.15, -0.1) is 0 Å². The van der Waals surface area contributed by atoms with Crippen molar-refractivity contribution in [1.29, 1.82) is 0 Å². The van der Waals surface area contributed by atoms with Gasteiger partial charge in [0, 0.05) is 32.7 Å². The van der Waals surface area contributed by atoms with Gasteiger partial charge in [-0.3, -0.25) is 19.4 Å². The van der Waals surface area contributed by atoms with Crippen LogP contribution in [0.25, 0.3) is 0 Å². The third-order valence-electron chi connectivity index (χ3n) is 6.38. The van der Waals surface area contributed by atoms with Crippen LogP contribution < -0.4 is 5.32 Å². The maximum atomic E-state index is 12.9. The molecular formula is C21H25F3N4O3. The van der Waals surface area contributed by atoms with Gasteiger partial charge in [0.2, 0.25) is 5.91 Å². The van der Waals surface area contributed by atoms with E-state index in [0.29, 0.717) is 51.1 Å². The first kappa shape index (κ1) is 21.6. The number of hydrogen-bond acceptors (Lipinski definition) is 4. The highest BCUT2D eigenvalue weighted by Gasteiger charge is 2.52. The second-order valence-electron chi connectivity index (χ2n) is 8.47. The van der Waals surface area contributed by atoms with Gasteiger partial charge in [-0.05, 0) is 24.5 Å². The van der Waals surface area contributed by atoms with E-state index < -0.39 is 23.3 Å². The minimum atomic E-state index is -4.38. The number of piperazine rings is 1. The van der Waals surface area contributed by atoms with Crippen molar-refractivity contribution in [3.8, 4) is 0 Å². The van der Waals surface area contributed by atoms with Gasteiger partial charge < -0.3 is 10.2 Å². The molecule has 1 aromatic carbocycles. The van der Waals surface area contributed by atoms with Gasteiger partial charge in [0.25, 0.3) is 5.91 Å². The average Bonchev–Trinajstić information content (AvgIpc) is 3.29. The van der Waals surface area contributed by atoms with Crippen LogP contribution >= 0.6 is 0 Å². The molecule has 0 aromatic heterocycles. The number of rotatable bonds is 4. The molecule has 168 valence electrons. The SMILES string of the molecule is O=C(CN1C(=O)NC2(CCCC2)C1=O)N1CCN(Cc2cccc(C(F)(F)F)c2)CC1. The lowest BCUT2D eigenvalue weighted by molar-refractivity contribution is -0.140. The van der Waals surface area contributed by atoms with E-state index in [9.17, 15) is 27.6 Å². The Kier molecular flexibility index (Phi) is 5.67. The van der Waals surface area contributed by atoms with Crippen LogP contribution in [0.4, 0.5) is 18.0 Å². The highest BCUT2D eigenvalue weighted by atomic mass is 19.4. The third-order valence-corrected chi connectivity index (χ3v) is 6.38. The number of halogens is 3. The zero-order chi connectivity index (χ0) is 22.2. The Bertz CT molecular complexity index is 875. The Hall–Kier alpha value is -2.62. The van der Waals surface area contributed by atoms with Crippen molar-refractivity contribution in [2.24, 2.45) is 0 Å². The molecule has 1 aliphatic carbocycles. The molecule has 1 saturated carbocycles. The lowest BCUT2D eigenvalue weighted by Crippen LogP contribution is -2.52. The lowest BCUT2D eigenvalue weighted by Gasteiger charge is -2.35. The summed E-state index contributed by atoms with van der Waals surface area (Å²) in [5.74, 6) is -0.608. The van der Waals surface area contributed by atoms with Gasteiger partial charge in [0.1, 0.15) is 12.1 Å². The summed E-state index contributed by atoms with van der Waals surface area (Å²) in [6.07, 6.45) is -1.41. The first-order valence-electron chi connectivity index (χ1n) is 10.5. The standard InChI is InChI=1S/C21H25F3N4O3/c22-21(23,24)16-5-3-4-15(12-16)13-26-8-10-27(11-9-26)17(29)14-28-18(30)20(25-19(28)31)6-1-2-7-20/h3-5,12H,1-2,6-11,13-14H2,(H,25,31). The van der Waals surface area contributed by atoms with Crippen molar-refractivity contribution >= 4 is 17.8 Å². The van der Waals surface area contributed by atoms with E-state index in [-0.39, 0.29) is 18.4 Å². The van der Waals surface area contributed by atoms with Gasteiger partial charge in [0.05, 0.1) is 5.56 Å². The quantitative estimate of drug-likeness (QED) is 0.732. The highest BCUT2D eigenvalue weighted by Crippen LogP contribution is 2.35. The molecule has 2 aliphatic heterocycles. The van der Waals surface area contributed by atoms with Crippen LogP contribution in [0.3, 0.4) is 0 Å². The molecule has 1 aromatic rings. The van der Waals surface area contributed by atoms with Crippen molar-refractivity contribution in [2.45, 2.75) is 43.9 Å². The van der Waals surface area contributed by atoms with Crippen LogP contribution in [0.5, 0.6) is 0 Å². The van der Waals surface area contributed by atoms with Crippen LogP contribution in [-0.4, -0.2) is 70.8 Å². The molecule has 2 heterocycles. The first-order chi connectivity index (χ1) is 14.7. The van der Waals surface area contributed by atoms with E-state index >= 15 is 0 Å². The molecule has 1 N–H and O–H groups in total. The summed E-state index contributed by atoms with van der Waals surface area (Å²) in [6, 6.07) is 4.74. The Labute approximate surface area is 178 Å². The van der Waals surface area contributed by atoms with E-state index in [0.717, 1.165) is 29.9 Å². The van der Waals surface area contributed by atoms with Crippen molar-refractivity contribution < 1.29 is 27.6 Å². The number of urea groups is 1. The molecule has 7 nitrogen and oxygen atoms in total. The predicted molar refractivity (Wildman–Crippen MR) is 105 cm³/mol. The zero-order valence-electron chi connectivity index (χ0n) is 17.1. The molecule has 3 aliphatic rings. The highest BCUT2D eigenvalue weighted by molar-refractivity contribution is 6.09. The smallest absolute Gasteiger partial charge is 0.339 e. The molecule has 0 radical (unpaired) electrons. The fourth-order valence-electron chi connectivity index (χ4n) is 4.63. The number of carbonyl (C=O) groups is 3. The Morgan fingerprint density at radius 1 is 1.06 bits per heavy atom.